The lowest BCUT2D eigenvalue weighted by atomic mass is 10.1. The van der Waals surface area contributed by atoms with Gasteiger partial charge >= 0.3 is 6.03 Å². The number of urea groups is 1. The number of hydrogen-bond donors (Lipinski definition) is 2. The highest BCUT2D eigenvalue weighted by atomic mass is 16.2. The van der Waals surface area contributed by atoms with Gasteiger partial charge in [-0.15, -0.1) is 0 Å². The number of piperazine rings is 1. The van der Waals surface area contributed by atoms with E-state index in [4.69, 9.17) is 0 Å². The molecule has 2 aromatic heterocycles. The van der Waals surface area contributed by atoms with E-state index in [1.54, 1.807) is 6.20 Å². The van der Waals surface area contributed by atoms with Gasteiger partial charge in [-0.25, -0.2) is 4.79 Å². The van der Waals surface area contributed by atoms with Gasteiger partial charge in [0.1, 0.15) is 0 Å². The number of rotatable bonds is 3. The number of hydrogen-bond acceptors (Lipinski definition) is 4. The van der Waals surface area contributed by atoms with E-state index in [-0.39, 0.29) is 6.03 Å². The number of carbonyl (C=O) groups is 1. The minimum absolute atomic E-state index is 0.0512. The number of anilines is 2. The Bertz CT molecular complexity index is 960. The predicted octanol–water partition coefficient (Wildman–Crippen LogP) is 3.44. The molecule has 3 heterocycles. The van der Waals surface area contributed by atoms with Crippen LogP contribution in [0.4, 0.5) is 16.3 Å². The second-order valence-corrected chi connectivity index (χ2v) is 7.10. The van der Waals surface area contributed by atoms with Crippen LogP contribution in [0, 0.1) is 13.8 Å². The van der Waals surface area contributed by atoms with Crippen molar-refractivity contribution in [2.45, 2.75) is 13.8 Å². The number of aromatic nitrogens is 3. The average Bonchev–Trinajstić information content (AvgIpc) is 3.21. The number of H-pyrrole nitrogens is 1. The molecule has 0 atom stereocenters. The first-order chi connectivity index (χ1) is 13.6. The molecular weight excluding hydrogens is 352 g/mol. The monoisotopic (exact) mass is 376 g/mol. The van der Waals surface area contributed by atoms with Gasteiger partial charge in [0.2, 0.25) is 0 Å². The Kier molecular flexibility index (Phi) is 4.97. The molecule has 7 nitrogen and oxygen atoms in total. The molecule has 2 N–H and O–H groups in total. The fourth-order valence-corrected chi connectivity index (χ4v) is 3.43. The lowest BCUT2D eigenvalue weighted by Gasteiger charge is -2.34. The third-order valence-corrected chi connectivity index (χ3v) is 5.05. The molecule has 1 saturated heterocycles. The highest BCUT2D eigenvalue weighted by Crippen LogP contribution is 2.22. The van der Waals surface area contributed by atoms with Gasteiger partial charge < -0.3 is 15.1 Å². The van der Waals surface area contributed by atoms with Crippen molar-refractivity contribution in [1.29, 1.82) is 0 Å². The van der Waals surface area contributed by atoms with Gasteiger partial charge in [-0.05, 0) is 37.6 Å². The molecule has 28 heavy (non-hydrogen) atoms. The molecule has 3 aromatic rings. The molecule has 1 aromatic carbocycles. The summed E-state index contributed by atoms with van der Waals surface area (Å²) in [6, 6.07) is 11.9. The molecule has 0 unspecified atom stereocenters. The summed E-state index contributed by atoms with van der Waals surface area (Å²) in [5.74, 6) is 0.897. The van der Waals surface area contributed by atoms with Crippen LogP contribution in [0.1, 0.15) is 11.1 Å². The van der Waals surface area contributed by atoms with Crippen molar-refractivity contribution in [2.24, 2.45) is 0 Å². The Morgan fingerprint density at radius 1 is 1.11 bits per heavy atom. The molecule has 0 spiro atoms. The van der Waals surface area contributed by atoms with E-state index >= 15 is 0 Å². The van der Waals surface area contributed by atoms with Crippen LogP contribution >= 0.6 is 0 Å². The van der Waals surface area contributed by atoms with E-state index < -0.39 is 0 Å². The first-order valence-corrected chi connectivity index (χ1v) is 9.44. The number of carbonyl (C=O) groups excluding carboxylic acids is 1. The summed E-state index contributed by atoms with van der Waals surface area (Å²) in [6.07, 6.45) is 3.57. The topological polar surface area (TPSA) is 77.2 Å². The van der Waals surface area contributed by atoms with Gasteiger partial charge in [0.15, 0.2) is 5.82 Å². The second kappa shape index (κ2) is 7.72. The van der Waals surface area contributed by atoms with Crippen LogP contribution in [-0.2, 0) is 0 Å². The van der Waals surface area contributed by atoms with Gasteiger partial charge in [0, 0.05) is 55.9 Å². The van der Waals surface area contributed by atoms with Gasteiger partial charge in [0.05, 0.1) is 5.69 Å². The molecule has 1 aliphatic rings. The van der Waals surface area contributed by atoms with E-state index in [9.17, 15) is 4.79 Å². The lowest BCUT2D eigenvalue weighted by Crippen LogP contribution is -2.50. The summed E-state index contributed by atoms with van der Waals surface area (Å²) in [4.78, 5) is 20.8. The molecule has 0 aliphatic carbocycles. The Labute approximate surface area is 164 Å². The van der Waals surface area contributed by atoms with E-state index in [1.807, 2.05) is 55.3 Å². The molecule has 4 rings (SSSR count). The van der Waals surface area contributed by atoms with Crippen molar-refractivity contribution in [3.05, 3.63) is 59.9 Å². The maximum atomic E-state index is 12.6. The molecule has 144 valence electrons. The summed E-state index contributed by atoms with van der Waals surface area (Å²) in [6.45, 7) is 6.87. The normalized spacial score (nSPS) is 14.2. The quantitative estimate of drug-likeness (QED) is 0.734. The number of benzene rings is 1. The first kappa shape index (κ1) is 18.0. The van der Waals surface area contributed by atoms with Crippen molar-refractivity contribution in [3.63, 3.8) is 0 Å². The maximum absolute atomic E-state index is 12.6. The number of aromatic amines is 1. The maximum Gasteiger partial charge on any atom is 0.321 e. The van der Waals surface area contributed by atoms with Crippen LogP contribution in [-0.4, -0.2) is 52.3 Å². The number of amides is 2. The standard InChI is InChI=1S/C21H24N6O/c1-15-5-6-18(16(2)12-15)23-21(28)27-10-8-26(9-11-27)20-13-19(24-25-20)17-4-3-7-22-14-17/h3-7,12-14H,8-11H2,1-2H3,(H,23,28)(H,24,25). The number of nitrogens with one attached hydrogen (secondary N) is 2. The van der Waals surface area contributed by atoms with Gasteiger partial charge in [-0.3, -0.25) is 10.1 Å². The molecule has 0 bridgehead atoms. The zero-order valence-corrected chi connectivity index (χ0v) is 16.1. The fraction of sp³-hybridized carbons (Fsp3) is 0.286. The van der Waals surface area contributed by atoms with Crippen LogP contribution < -0.4 is 10.2 Å². The highest BCUT2D eigenvalue weighted by molar-refractivity contribution is 5.90. The van der Waals surface area contributed by atoms with Crippen molar-refractivity contribution in [3.8, 4) is 11.3 Å². The summed E-state index contributed by atoms with van der Waals surface area (Å²) in [7, 11) is 0. The molecule has 0 radical (unpaired) electrons. The Morgan fingerprint density at radius 3 is 2.64 bits per heavy atom. The largest absolute Gasteiger partial charge is 0.352 e. The average molecular weight is 376 g/mol. The number of nitrogens with zero attached hydrogens (tertiary/aromatic N) is 4. The summed E-state index contributed by atoms with van der Waals surface area (Å²) < 4.78 is 0. The fourth-order valence-electron chi connectivity index (χ4n) is 3.43. The first-order valence-electron chi connectivity index (χ1n) is 9.44. The molecule has 2 amide bonds. The number of aryl methyl sites for hydroxylation is 2. The van der Waals surface area contributed by atoms with Crippen molar-refractivity contribution < 1.29 is 4.79 Å². The van der Waals surface area contributed by atoms with E-state index in [0.29, 0.717) is 13.1 Å². The van der Waals surface area contributed by atoms with Gasteiger partial charge in [-0.2, -0.15) is 5.10 Å². The Morgan fingerprint density at radius 2 is 1.93 bits per heavy atom. The number of pyridine rings is 1. The van der Waals surface area contributed by atoms with Crippen LogP contribution in [0.15, 0.2) is 48.8 Å². The Balaban J connectivity index is 1.35. The van der Waals surface area contributed by atoms with E-state index in [2.05, 4.69) is 31.5 Å². The van der Waals surface area contributed by atoms with Crippen molar-refractivity contribution >= 4 is 17.5 Å². The zero-order valence-electron chi connectivity index (χ0n) is 16.1. The summed E-state index contributed by atoms with van der Waals surface area (Å²) in [5.41, 5.74) is 5.08. The second-order valence-electron chi connectivity index (χ2n) is 7.10. The minimum atomic E-state index is -0.0512. The third kappa shape index (κ3) is 3.83. The summed E-state index contributed by atoms with van der Waals surface area (Å²) >= 11 is 0. The molecule has 0 saturated carbocycles. The molecule has 1 fully saturated rings. The predicted molar refractivity (Wildman–Crippen MR) is 111 cm³/mol. The zero-order chi connectivity index (χ0) is 19.5. The lowest BCUT2D eigenvalue weighted by molar-refractivity contribution is 0.208. The highest BCUT2D eigenvalue weighted by Gasteiger charge is 2.23. The van der Waals surface area contributed by atoms with Crippen LogP contribution in [0.2, 0.25) is 0 Å². The van der Waals surface area contributed by atoms with Gasteiger partial charge in [-0.1, -0.05) is 17.7 Å². The molecule has 7 heteroatoms. The minimum Gasteiger partial charge on any atom is -0.352 e. The van der Waals surface area contributed by atoms with E-state index in [0.717, 1.165) is 41.4 Å². The van der Waals surface area contributed by atoms with E-state index in [1.165, 1.54) is 5.56 Å². The SMILES string of the molecule is Cc1ccc(NC(=O)N2CCN(c3cc(-c4cccnc4)[nH]n3)CC2)c(C)c1. The van der Waals surface area contributed by atoms with Crippen molar-refractivity contribution in [2.75, 3.05) is 36.4 Å². The van der Waals surface area contributed by atoms with Crippen LogP contribution in [0.5, 0.6) is 0 Å². The summed E-state index contributed by atoms with van der Waals surface area (Å²) in [5, 5.41) is 10.5. The van der Waals surface area contributed by atoms with Crippen LogP contribution in [0.3, 0.4) is 0 Å². The third-order valence-electron chi connectivity index (χ3n) is 5.05. The Hall–Kier alpha value is -3.35. The van der Waals surface area contributed by atoms with Gasteiger partial charge in [0.25, 0.3) is 0 Å². The smallest absolute Gasteiger partial charge is 0.321 e. The molecular formula is C21H24N6O. The van der Waals surface area contributed by atoms with Crippen LogP contribution in [0.25, 0.3) is 11.3 Å². The van der Waals surface area contributed by atoms with Crippen molar-refractivity contribution in [1.82, 2.24) is 20.1 Å². The molecule has 1 aliphatic heterocycles.